The third-order valence-electron chi connectivity index (χ3n) is 4.99. The Morgan fingerprint density at radius 3 is 2.69 bits per heavy atom. The van der Waals surface area contributed by atoms with Gasteiger partial charge < -0.3 is 19.5 Å². The van der Waals surface area contributed by atoms with Gasteiger partial charge in [0, 0.05) is 27.3 Å². The Morgan fingerprint density at radius 2 is 2.06 bits per heavy atom. The molecule has 0 unspecified atom stereocenters. The number of carboxylic acid groups (broad SMARTS) is 1. The van der Waals surface area contributed by atoms with Crippen LogP contribution < -0.4 is 10.5 Å². The summed E-state index contributed by atoms with van der Waals surface area (Å²) in [7, 11) is -1.37. The Hall–Kier alpha value is -2.18. The first-order chi connectivity index (χ1) is 14.9. The Balaban J connectivity index is 2.17. The van der Waals surface area contributed by atoms with Crippen LogP contribution in [0.1, 0.15) is 18.4 Å². The molecular weight excluding hydrogens is 447 g/mol. The normalized spacial score (nSPS) is 17.4. The average molecular weight is 478 g/mol. The van der Waals surface area contributed by atoms with Crippen LogP contribution in [0.25, 0.3) is 0 Å². The maximum absolute atomic E-state index is 13.8. The summed E-state index contributed by atoms with van der Waals surface area (Å²) < 4.78 is 53.0. The standard InChI is InChI=1S/C20H30F3N3O5Si/c1-32(2,3)11-10-31-14-26-19(29)18(20(21,22)23)16(12-24-26)25-8-4-6-15(25)13-30-9-5-7-17(27)28/h5,7,12,15H,4,6,8-11,13-14H2,1-3H3,(H,27,28)/b7-5+/t15-/m0/s1. The van der Waals surface area contributed by atoms with Crippen LogP contribution in [0.4, 0.5) is 18.9 Å². The van der Waals surface area contributed by atoms with E-state index in [2.05, 4.69) is 24.7 Å². The van der Waals surface area contributed by atoms with Crippen molar-refractivity contribution in [2.45, 2.75) is 57.5 Å². The first-order valence-electron chi connectivity index (χ1n) is 10.4. The summed E-state index contributed by atoms with van der Waals surface area (Å²) in [5.41, 5.74) is -2.77. The van der Waals surface area contributed by atoms with Crippen molar-refractivity contribution < 1.29 is 32.5 Å². The van der Waals surface area contributed by atoms with Crippen LogP contribution in [0.5, 0.6) is 0 Å². The van der Waals surface area contributed by atoms with Crippen molar-refractivity contribution in [1.29, 1.82) is 0 Å². The lowest BCUT2D eigenvalue weighted by Crippen LogP contribution is -2.39. The molecule has 12 heteroatoms. The van der Waals surface area contributed by atoms with Crippen molar-refractivity contribution in [3.8, 4) is 0 Å². The second kappa shape index (κ2) is 11.1. The fourth-order valence-corrected chi connectivity index (χ4v) is 4.09. The minimum Gasteiger partial charge on any atom is -0.478 e. The van der Waals surface area contributed by atoms with Crippen LogP contribution in [0, 0.1) is 0 Å². The molecule has 0 aliphatic carbocycles. The van der Waals surface area contributed by atoms with E-state index in [4.69, 9.17) is 14.6 Å². The maximum atomic E-state index is 13.8. The van der Waals surface area contributed by atoms with Gasteiger partial charge in [-0.25, -0.2) is 9.48 Å². The highest BCUT2D eigenvalue weighted by Gasteiger charge is 2.41. The van der Waals surface area contributed by atoms with Gasteiger partial charge in [0.25, 0.3) is 5.56 Å². The minimum absolute atomic E-state index is 0.0252. The SMILES string of the molecule is C[Si](C)(C)CCOCn1ncc(N2CCC[C@H]2COC/C=C/C(=O)O)c(C(F)(F)F)c1=O. The van der Waals surface area contributed by atoms with Crippen LogP contribution in [0.2, 0.25) is 25.7 Å². The highest BCUT2D eigenvalue weighted by atomic mass is 28.3. The van der Waals surface area contributed by atoms with Gasteiger partial charge in [-0.1, -0.05) is 25.7 Å². The monoisotopic (exact) mass is 477 g/mol. The Morgan fingerprint density at radius 1 is 1.34 bits per heavy atom. The largest absolute Gasteiger partial charge is 0.478 e. The van der Waals surface area contributed by atoms with Gasteiger partial charge >= 0.3 is 12.1 Å². The van der Waals surface area contributed by atoms with Gasteiger partial charge in [0.05, 0.1) is 31.1 Å². The first-order valence-corrected chi connectivity index (χ1v) is 14.1. The summed E-state index contributed by atoms with van der Waals surface area (Å²) >= 11 is 0. The lowest BCUT2D eigenvalue weighted by Gasteiger charge is -2.28. The van der Waals surface area contributed by atoms with E-state index in [0.717, 1.165) is 18.3 Å². The van der Waals surface area contributed by atoms with Gasteiger partial charge in [-0.05, 0) is 18.9 Å². The molecule has 32 heavy (non-hydrogen) atoms. The number of anilines is 1. The predicted octanol–water partition coefficient (Wildman–Crippen LogP) is 3.20. The number of carboxylic acids is 1. The van der Waals surface area contributed by atoms with Crippen molar-refractivity contribution in [2.24, 2.45) is 0 Å². The summed E-state index contributed by atoms with van der Waals surface area (Å²) in [6, 6.07) is 0.447. The molecule has 0 saturated carbocycles. The van der Waals surface area contributed by atoms with Crippen molar-refractivity contribution >= 4 is 19.7 Å². The highest BCUT2D eigenvalue weighted by Crippen LogP contribution is 2.36. The van der Waals surface area contributed by atoms with E-state index in [0.29, 0.717) is 30.7 Å². The van der Waals surface area contributed by atoms with Crippen molar-refractivity contribution in [2.75, 3.05) is 31.3 Å². The molecule has 0 amide bonds. The number of halogens is 3. The zero-order valence-electron chi connectivity index (χ0n) is 18.5. The number of carbonyl (C=O) groups is 1. The zero-order valence-corrected chi connectivity index (χ0v) is 19.5. The van der Waals surface area contributed by atoms with Crippen LogP contribution in [-0.4, -0.2) is 61.3 Å². The fraction of sp³-hybridized carbons (Fsp3) is 0.650. The number of hydrogen-bond acceptors (Lipinski definition) is 6. The van der Waals surface area contributed by atoms with E-state index >= 15 is 0 Å². The molecule has 2 rings (SSSR count). The molecule has 0 aromatic carbocycles. The Kier molecular flexibility index (Phi) is 9.05. The predicted molar refractivity (Wildman–Crippen MR) is 116 cm³/mol. The van der Waals surface area contributed by atoms with Crippen molar-refractivity contribution in [1.82, 2.24) is 9.78 Å². The Labute approximate surface area is 185 Å². The summed E-state index contributed by atoms with van der Waals surface area (Å²) in [5, 5.41) is 12.5. The van der Waals surface area contributed by atoms with Gasteiger partial charge in [-0.15, -0.1) is 0 Å². The zero-order chi connectivity index (χ0) is 23.9. The van der Waals surface area contributed by atoms with E-state index in [9.17, 15) is 22.8 Å². The van der Waals surface area contributed by atoms with Gasteiger partial charge in [0.1, 0.15) is 12.3 Å². The van der Waals surface area contributed by atoms with Crippen LogP contribution in [-0.2, 0) is 27.2 Å². The van der Waals surface area contributed by atoms with E-state index in [1.165, 1.54) is 11.0 Å². The fourth-order valence-electron chi connectivity index (χ4n) is 3.33. The Bertz CT molecular complexity index is 868. The molecule has 0 spiro atoms. The van der Waals surface area contributed by atoms with E-state index in [1.54, 1.807) is 0 Å². The van der Waals surface area contributed by atoms with E-state index in [1.807, 2.05) is 0 Å². The molecule has 1 aliphatic heterocycles. The lowest BCUT2D eigenvalue weighted by atomic mass is 10.2. The van der Waals surface area contributed by atoms with E-state index in [-0.39, 0.29) is 31.7 Å². The van der Waals surface area contributed by atoms with Crippen molar-refractivity contribution in [3.63, 3.8) is 0 Å². The lowest BCUT2D eigenvalue weighted by molar-refractivity contribution is -0.139. The third-order valence-corrected chi connectivity index (χ3v) is 6.69. The van der Waals surface area contributed by atoms with E-state index < -0.39 is 31.3 Å². The van der Waals surface area contributed by atoms with Gasteiger partial charge in [0.2, 0.25) is 0 Å². The molecular formula is C20H30F3N3O5Si. The number of aliphatic carboxylic acids is 1. The quantitative estimate of drug-likeness (QED) is 0.297. The number of hydrogen-bond donors (Lipinski definition) is 1. The summed E-state index contributed by atoms with van der Waals surface area (Å²) in [4.78, 5) is 24.6. The second-order valence-electron chi connectivity index (χ2n) is 8.82. The second-order valence-corrected chi connectivity index (χ2v) is 14.4. The van der Waals surface area contributed by atoms with Crippen LogP contribution in [0.15, 0.2) is 23.1 Å². The van der Waals surface area contributed by atoms with Gasteiger partial charge in [0.15, 0.2) is 0 Å². The summed E-state index contributed by atoms with van der Waals surface area (Å²) in [6.45, 7) is 6.92. The molecule has 1 atom stereocenters. The number of aromatic nitrogens is 2. The molecule has 1 aliphatic rings. The van der Waals surface area contributed by atoms with Gasteiger partial charge in [-0.2, -0.15) is 18.3 Å². The molecule has 1 aromatic heterocycles. The van der Waals surface area contributed by atoms with Crippen LogP contribution in [0.3, 0.4) is 0 Å². The smallest absolute Gasteiger partial charge is 0.423 e. The third kappa shape index (κ3) is 7.75. The number of ether oxygens (including phenoxy) is 2. The summed E-state index contributed by atoms with van der Waals surface area (Å²) in [5.74, 6) is -1.11. The molecule has 1 N–H and O–H groups in total. The molecule has 1 aromatic rings. The number of rotatable bonds is 11. The molecule has 0 bridgehead atoms. The molecule has 0 radical (unpaired) electrons. The molecule has 1 fully saturated rings. The number of nitrogens with zero attached hydrogens (tertiary/aromatic N) is 3. The maximum Gasteiger partial charge on any atom is 0.423 e. The topological polar surface area (TPSA) is 93.9 Å². The average Bonchev–Trinajstić information content (AvgIpc) is 3.12. The number of alkyl halides is 3. The highest BCUT2D eigenvalue weighted by molar-refractivity contribution is 6.76. The van der Waals surface area contributed by atoms with Crippen molar-refractivity contribution in [3.05, 3.63) is 34.3 Å². The molecule has 1 saturated heterocycles. The summed E-state index contributed by atoms with van der Waals surface area (Å²) in [6.07, 6.45) is -0.318. The van der Waals surface area contributed by atoms with Crippen LogP contribution >= 0.6 is 0 Å². The van der Waals surface area contributed by atoms with Gasteiger partial charge in [-0.3, -0.25) is 4.79 Å². The minimum atomic E-state index is -4.85. The molecule has 2 heterocycles. The first kappa shape index (κ1) is 26.1. The molecule has 180 valence electrons. The molecule has 8 nitrogen and oxygen atoms in total.